The number of esters is 1. The minimum Gasteiger partial charge on any atom is -0.465 e. The van der Waals surface area contributed by atoms with Crippen molar-refractivity contribution in [3.8, 4) is 5.75 Å². The number of hydrogen-bond acceptors (Lipinski definition) is 5. The maximum Gasteiger partial charge on any atom is 0.387 e. The van der Waals surface area contributed by atoms with Crippen molar-refractivity contribution in [2.75, 3.05) is 12.4 Å². The standard InChI is InChI=1S/C14H18F2N2O4.ClH/c1-3-4-9(17)12(19)18-10-6-5-8(13(20)21-2)7-11(10)22-14(15)16;/h5-7,9,14H,3-4,17H2,1-2H3,(H,18,19);1H. The Balaban J connectivity index is 0.00000484. The van der Waals surface area contributed by atoms with Crippen molar-refractivity contribution < 1.29 is 27.8 Å². The van der Waals surface area contributed by atoms with Crippen molar-refractivity contribution in [1.82, 2.24) is 0 Å². The SMILES string of the molecule is CCCC(N)C(=O)Nc1ccc(C(=O)OC)cc1OC(F)F.Cl. The predicted molar refractivity (Wildman–Crippen MR) is 83.2 cm³/mol. The monoisotopic (exact) mass is 352 g/mol. The summed E-state index contributed by atoms with van der Waals surface area (Å²) in [6, 6.07) is 2.91. The number of anilines is 1. The average Bonchev–Trinajstić information content (AvgIpc) is 2.47. The lowest BCUT2D eigenvalue weighted by molar-refractivity contribution is -0.117. The lowest BCUT2D eigenvalue weighted by atomic mass is 10.1. The van der Waals surface area contributed by atoms with Crippen LogP contribution in [-0.4, -0.2) is 31.6 Å². The molecule has 1 rings (SSSR count). The molecule has 0 radical (unpaired) electrons. The highest BCUT2D eigenvalue weighted by atomic mass is 35.5. The number of nitrogens with one attached hydrogen (secondary N) is 1. The molecule has 3 N–H and O–H groups in total. The molecule has 1 aromatic carbocycles. The van der Waals surface area contributed by atoms with Crippen LogP contribution in [0.2, 0.25) is 0 Å². The molecule has 9 heteroatoms. The number of carbonyl (C=O) groups is 2. The summed E-state index contributed by atoms with van der Waals surface area (Å²) in [5, 5.41) is 2.41. The number of ether oxygens (including phenoxy) is 2. The van der Waals surface area contributed by atoms with Gasteiger partial charge in [-0.3, -0.25) is 4.79 Å². The fourth-order valence-corrected chi connectivity index (χ4v) is 1.73. The number of carbonyl (C=O) groups excluding carboxylic acids is 2. The van der Waals surface area contributed by atoms with Crippen LogP contribution in [0.4, 0.5) is 14.5 Å². The zero-order valence-electron chi connectivity index (χ0n) is 12.7. The Labute approximate surface area is 138 Å². The second kappa shape index (κ2) is 9.96. The van der Waals surface area contributed by atoms with Crippen molar-refractivity contribution in [3.63, 3.8) is 0 Å². The molecule has 0 saturated carbocycles. The van der Waals surface area contributed by atoms with E-state index < -0.39 is 24.5 Å². The van der Waals surface area contributed by atoms with E-state index in [4.69, 9.17) is 5.73 Å². The van der Waals surface area contributed by atoms with Crippen molar-refractivity contribution in [1.29, 1.82) is 0 Å². The summed E-state index contributed by atoms with van der Waals surface area (Å²) in [4.78, 5) is 23.3. The Bertz CT molecular complexity index is 544. The molecule has 1 unspecified atom stereocenters. The molecule has 0 aliphatic heterocycles. The van der Waals surface area contributed by atoms with Gasteiger partial charge in [0.15, 0.2) is 0 Å². The third-order valence-electron chi connectivity index (χ3n) is 2.81. The first-order valence-corrected chi connectivity index (χ1v) is 6.62. The van der Waals surface area contributed by atoms with Gasteiger partial charge < -0.3 is 20.5 Å². The molecule has 0 aliphatic rings. The third kappa shape index (κ3) is 6.37. The molecule has 130 valence electrons. The summed E-state index contributed by atoms with van der Waals surface area (Å²) in [5.74, 6) is -1.57. The molecule has 23 heavy (non-hydrogen) atoms. The first-order chi connectivity index (χ1) is 10.4. The van der Waals surface area contributed by atoms with Gasteiger partial charge in [-0.05, 0) is 24.6 Å². The Morgan fingerprint density at radius 1 is 1.35 bits per heavy atom. The summed E-state index contributed by atoms with van der Waals surface area (Å²) in [6.45, 7) is -1.24. The quantitative estimate of drug-likeness (QED) is 0.736. The number of nitrogens with two attached hydrogens (primary N) is 1. The van der Waals surface area contributed by atoms with Crippen molar-refractivity contribution in [3.05, 3.63) is 23.8 Å². The van der Waals surface area contributed by atoms with Crippen molar-refractivity contribution in [2.45, 2.75) is 32.4 Å². The van der Waals surface area contributed by atoms with Crippen molar-refractivity contribution >= 4 is 30.0 Å². The number of methoxy groups -OCH3 is 1. The van der Waals surface area contributed by atoms with E-state index in [9.17, 15) is 18.4 Å². The van der Waals surface area contributed by atoms with E-state index in [1.165, 1.54) is 12.1 Å². The zero-order chi connectivity index (χ0) is 16.7. The van der Waals surface area contributed by atoms with Crippen LogP contribution in [0.5, 0.6) is 5.75 Å². The molecule has 1 aromatic rings. The van der Waals surface area contributed by atoms with Crippen LogP contribution >= 0.6 is 12.4 Å². The largest absolute Gasteiger partial charge is 0.465 e. The van der Waals surface area contributed by atoms with E-state index in [1.807, 2.05) is 6.92 Å². The third-order valence-corrected chi connectivity index (χ3v) is 2.81. The molecule has 0 fully saturated rings. The molecule has 0 saturated heterocycles. The highest BCUT2D eigenvalue weighted by Crippen LogP contribution is 2.28. The Hall–Kier alpha value is -1.93. The summed E-state index contributed by atoms with van der Waals surface area (Å²) in [5.41, 5.74) is 5.68. The zero-order valence-corrected chi connectivity index (χ0v) is 13.5. The highest BCUT2D eigenvalue weighted by Gasteiger charge is 2.18. The van der Waals surface area contributed by atoms with E-state index in [0.717, 1.165) is 13.2 Å². The maximum absolute atomic E-state index is 12.5. The number of halogens is 3. The van der Waals surface area contributed by atoms with Gasteiger partial charge in [0.05, 0.1) is 24.4 Å². The molecule has 1 amide bonds. The average molecular weight is 353 g/mol. The number of benzene rings is 1. The lowest BCUT2D eigenvalue weighted by Crippen LogP contribution is -2.35. The fraction of sp³-hybridized carbons (Fsp3) is 0.429. The van der Waals surface area contributed by atoms with Crippen LogP contribution in [0.3, 0.4) is 0 Å². The van der Waals surface area contributed by atoms with E-state index >= 15 is 0 Å². The molecule has 0 bridgehead atoms. The minimum atomic E-state index is -3.10. The predicted octanol–water partition coefficient (Wildman–Crippen LogP) is 2.56. The topological polar surface area (TPSA) is 90.7 Å². The molecule has 0 aliphatic carbocycles. The van der Waals surface area contributed by atoms with E-state index in [0.29, 0.717) is 12.8 Å². The number of rotatable bonds is 7. The van der Waals surface area contributed by atoms with Gasteiger partial charge in [0, 0.05) is 0 Å². The summed E-state index contributed by atoms with van der Waals surface area (Å²) < 4.78 is 33.7. The van der Waals surface area contributed by atoms with Crippen molar-refractivity contribution in [2.24, 2.45) is 5.73 Å². The second-order valence-electron chi connectivity index (χ2n) is 4.47. The second-order valence-corrected chi connectivity index (χ2v) is 4.47. The van der Waals surface area contributed by atoms with E-state index in [2.05, 4.69) is 14.8 Å². The Morgan fingerprint density at radius 2 is 2.00 bits per heavy atom. The van der Waals surface area contributed by atoms with E-state index in [-0.39, 0.29) is 29.4 Å². The summed E-state index contributed by atoms with van der Waals surface area (Å²) in [7, 11) is 1.16. The van der Waals surface area contributed by atoms with Gasteiger partial charge >= 0.3 is 12.6 Å². The van der Waals surface area contributed by atoms with Crippen LogP contribution in [0.15, 0.2) is 18.2 Å². The Morgan fingerprint density at radius 3 is 2.52 bits per heavy atom. The normalized spacial score (nSPS) is 11.4. The van der Waals surface area contributed by atoms with Gasteiger partial charge in [-0.15, -0.1) is 12.4 Å². The molecule has 0 aromatic heterocycles. The van der Waals surface area contributed by atoms with Gasteiger partial charge in [0.25, 0.3) is 0 Å². The lowest BCUT2D eigenvalue weighted by Gasteiger charge is -2.15. The molecule has 0 spiro atoms. The van der Waals surface area contributed by atoms with E-state index in [1.54, 1.807) is 0 Å². The van der Waals surface area contributed by atoms with Crippen LogP contribution in [0, 0.1) is 0 Å². The van der Waals surface area contributed by atoms with Crippen LogP contribution in [0.25, 0.3) is 0 Å². The first kappa shape index (κ1) is 21.1. The van der Waals surface area contributed by atoms with Gasteiger partial charge in [-0.2, -0.15) is 8.78 Å². The summed E-state index contributed by atoms with van der Waals surface area (Å²) in [6.07, 6.45) is 1.16. The molecular formula is C14H19ClF2N2O4. The molecule has 0 heterocycles. The number of hydrogen-bond donors (Lipinski definition) is 2. The minimum absolute atomic E-state index is 0. The van der Waals surface area contributed by atoms with Gasteiger partial charge in [0.1, 0.15) is 5.75 Å². The molecule has 6 nitrogen and oxygen atoms in total. The summed E-state index contributed by atoms with van der Waals surface area (Å²) >= 11 is 0. The fourth-order valence-electron chi connectivity index (χ4n) is 1.73. The maximum atomic E-state index is 12.5. The van der Waals surface area contributed by atoms with Gasteiger partial charge in [-0.1, -0.05) is 13.3 Å². The van der Waals surface area contributed by atoms with Crippen LogP contribution < -0.4 is 15.8 Å². The van der Waals surface area contributed by atoms with Gasteiger partial charge in [-0.25, -0.2) is 4.79 Å². The molecule has 1 atom stereocenters. The Kier molecular flexibility index (Phi) is 9.12. The first-order valence-electron chi connectivity index (χ1n) is 6.62. The van der Waals surface area contributed by atoms with Gasteiger partial charge in [0.2, 0.25) is 5.91 Å². The van der Waals surface area contributed by atoms with Crippen LogP contribution in [-0.2, 0) is 9.53 Å². The van der Waals surface area contributed by atoms with Crippen LogP contribution in [0.1, 0.15) is 30.1 Å². The smallest absolute Gasteiger partial charge is 0.387 e. The molecular weight excluding hydrogens is 334 g/mol. The number of amides is 1. The number of alkyl halides is 2. The highest BCUT2D eigenvalue weighted by molar-refractivity contribution is 5.97.